The summed E-state index contributed by atoms with van der Waals surface area (Å²) in [7, 11) is 0. The second-order valence-corrected chi connectivity index (χ2v) is 6.53. The normalized spacial score (nSPS) is 32.2. The summed E-state index contributed by atoms with van der Waals surface area (Å²) in [5.74, 6) is 1.73. The number of likely N-dealkylation sites (tertiary alicyclic amines) is 1. The summed E-state index contributed by atoms with van der Waals surface area (Å²) in [6.45, 7) is 7.52. The molecular formula is C18H27NO3. The molecule has 2 aliphatic heterocycles. The number of benzene rings is 1. The predicted molar refractivity (Wildman–Crippen MR) is 86.5 cm³/mol. The van der Waals surface area contributed by atoms with Gasteiger partial charge in [-0.2, -0.15) is 0 Å². The zero-order chi connectivity index (χ0) is 15.7. The van der Waals surface area contributed by atoms with E-state index in [0.29, 0.717) is 25.3 Å². The molecule has 122 valence electrons. The number of aliphatic hydroxyl groups excluding tert-OH is 1. The van der Waals surface area contributed by atoms with Gasteiger partial charge in [-0.3, -0.25) is 4.90 Å². The Morgan fingerprint density at radius 3 is 2.68 bits per heavy atom. The number of ether oxygens (including phenoxy) is 2. The van der Waals surface area contributed by atoms with Crippen molar-refractivity contribution in [2.75, 3.05) is 13.2 Å². The number of nitrogens with zero attached hydrogens (tertiary/aromatic N) is 1. The van der Waals surface area contributed by atoms with Gasteiger partial charge < -0.3 is 14.6 Å². The lowest BCUT2D eigenvalue weighted by Crippen LogP contribution is -2.51. The van der Waals surface area contributed by atoms with Crippen LogP contribution in [0.2, 0.25) is 0 Å². The van der Waals surface area contributed by atoms with Crippen LogP contribution in [0.25, 0.3) is 0 Å². The first-order valence-corrected chi connectivity index (χ1v) is 8.46. The van der Waals surface area contributed by atoms with Gasteiger partial charge in [0.25, 0.3) is 0 Å². The maximum Gasteiger partial charge on any atom is 0.124 e. The first kappa shape index (κ1) is 15.6. The molecule has 2 aliphatic rings. The van der Waals surface area contributed by atoms with E-state index < -0.39 is 6.10 Å². The minimum Gasteiger partial charge on any atom is -0.494 e. The van der Waals surface area contributed by atoms with E-state index in [2.05, 4.69) is 18.7 Å². The Labute approximate surface area is 133 Å². The van der Waals surface area contributed by atoms with Crippen molar-refractivity contribution >= 4 is 0 Å². The monoisotopic (exact) mass is 305 g/mol. The van der Waals surface area contributed by atoms with Gasteiger partial charge in [-0.15, -0.1) is 0 Å². The van der Waals surface area contributed by atoms with Crippen molar-refractivity contribution in [1.29, 1.82) is 0 Å². The molecule has 0 aliphatic carbocycles. The van der Waals surface area contributed by atoms with Gasteiger partial charge in [0.15, 0.2) is 0 Å². The minimum absolute atomic E-state index is 0.00513. The lowest BCUT2D eigenvalue weighted by Gasteiger charge is -2.47. The molecule has 0 radical (unpaired) electrons. The quantitative estimate of drug-likeness (QED) is 0.931. The third kappa shape index (κ3) is 2.82. The van der Waals surface area contributed by atoms with E-state index in [9.17, 15) is 5.11 Å². The van der Waals surface area contributed by atoms with Gasteiger partial charge in [0.05, 0.1) is 12.6 Å². The third-order valence-corrected chi connectivity index (χ3v) is 4.97. The number of rotatable bonds is 3. The number of hydrogen-bond acceptors (Lipinski definition) is 4. The van der Waals surface area contributed by atoms with Crippen LogP contribution >= 0.6 is 0 Å². The first-order chi connectivity index (χ1) is 10.6. The molecule has 1 saturated heterocycles. The smallest absolute Gasteiger partial charge is 0.124 e. The Balaban J connectivity index is 1.98. The Morgan fingerprint density at radius 2 is 2.00 bits per heavy atom. The number of aliphatic hydroxyl groups is 1. The minimum atomic E-state index is -0.493. The van der Waals surface area contributed by atoms with Crippen LogP contribution in [-0.4, -0.2) is 41.4 Å². The van der Waals surface area contributed by atoms with E-state index in [0.717, 1.165) is 17.1 Å². The van der Waals surface area contributed by atoms with Crippen molar-refractivity contribution in [3.05, 3.63) is 23.8 Å². The molecule has 2 heterocycles. The highest BCUT2D eigenvalue weighted by molar-refractivity contribution is 5.44. The average molecular weight is 305 g/mol. The Morgan fingerprint density at radius 1 is 1.27 bits per heavy atom. The molecular weight excluding hydrogens is 278 g/mol. The van der Waals surface area contributed by atoms with Crippen molar-refractivity contribution in [2.24, 2.45) is 0 Å². The molecule has 0 saturated carbocycles. The Kier molecular flexibility index (Phi) is 4.59. The van der Waals surface area contributed by atoms with Crippen LogP contribution in [0.1, 0.15) is 51.6 Å². The van der Waals surface area contributed by atoms with E-state index in [1.165, 1.54) is 19.3 Å². The molecule has 4 nitrogen and oxygen atoms in total. The van der Waals surface area contributed by atoms with Gasteiger partial charge in [0.2, 0.25) is 0 Å². The first-order valence-electron chi connectivity index (χ1n) is 8.46. The van der Waals surface area contributed by atoms with Crippen molar-refractivity contribution < 1.29 is 14.6 Å². The lowest BCUT2D eigenvalue weighted by molar-refractivity contribution is -0.0456. The van der Waals surface area contributed by atoms with E-state index in [1.54, 1.807) is 0 Å². The van der Waals surface area contributed by atoms with Crippen molar-refractivity contribution in [2.45, 2.75) is 64.3 Å². The number of fused-ring (bicyclic) bond motifs is 1. The fourth-order valence-corrected chi connectivity index (χ4v) is 3.97. The van der Waals surface area contributed by atoms with Gasteiger partial charge in [-0.05, 0) is 51.8 Å². The van der Waals surface area contributed by atoms with Crippen LogP contribution in [0, 0.1) is 0 Å². The average Bonchev–Trinajstić information content (AvgIpc) is 2.49. The topological polar surface area (TPSA) is 41.9 Å². The van der Waals surface area contributed by atoms with Crippen LogP contribution in [-0.2, 0) is 0 Å². The van der Waals surface area contributed by atoms with Crippen LogP contribution in [0.15, 0.2) is 18.2 Å². The fourth-order valence-electron chi connectivity index (χ4n) is 3.97. The van der Waals surface area contributed by atoms with Crippen LogP contribution < -0.4 is 9.47 Å². The number of piperidine rings is 1. The SMILES string of the molecule is CCOc1ccc2c(c1)C(N1C(C)CCCC1C)C(O)CO2. The molecule has 4 unspecified atom stereocenters. The van der Waals surface area contributed by atoms with Crippen molar-refractivity contribution in [3.8, 4) is 11.5 Å². The zero-order valence-corrected chi connectivity index (χ0v) is 13.8. The standard InChI is InChI=1S/C18H27NO3/c1-4-21-14-8-9-17-15(10-14)18(16(20)11-22-17)19-12(2)6-5-7-13(19)3/h8-10,12-13,16,18,20H,4-7,11H2,1-3H3. The summed E-state index contributed by atoms with van der Waals surface area (Å²) in [6, 6.07) is 6.91. The maximum absolute atomic E-state index is 10.6. The molecule has 1 aromatic rings. The van der Waals surface area contributed by atoms with Crippen LogP contribution in [0.5, 0.6) is 11.5 Å². The second-order valence-electron chi connectivity index (χ2n) is 6.53. The van der Waals surface area contributed by atoms with Crippen molar-refractivity contribution in [3.63, 3.8) is 0 Å². The molecule has 3 rings (SSSR count). The fraction of sp³-hybridized carbons (Fsp3) is 0.667. The number of hydrogen-bond donors (Lipinski definition) is 1. The summed E-state index contributed by atoms with van der Waals surface area (Å²) in [4.78, 5) is 2.48. The highest BCUT2D eigenvalue weighted by atomic mass is 16.5. The third-order valence-electron chi connectivity index (χ3n) is 4.97. The van der Waals surface area contributed by atoms with Gasteiger partial charge >= 0.3 is 0 Å². The maximum atomic E-state index is 10.6. The summed E-state index contributed by atoms with van der Waals surface area (Å²) in [5, 5.41) is 10.6. The van der Waals surface area contributed by atoms with E-state index in [-0.39, 0.29) is 6.04 Å². The second kappa shape index (κ2) is 6.47. The Hall–Kier alpha value is -1.26. The summed E-state index contributed by atoms with van der Waals surface area (Å²) in [5.41, 5.74) is 1.06. The molecule has 4 heteroatoms. The van der Waals surface area contributed by atoms with Crippen LogP contribution in [0.4, 0.5) is 0 Å². The molecule has 4 atom stereocenters. The highest BCUT2D eigenvalue weighted by Gasteiger charge is 2.40. The van der Waals surface area contributed by atoms with Gasteiger partial charge in [0.1, 0.15) is 24.2 Å². The molecule has 0 spiro atoms. The summed E-state index contributed by atoms with van der Waals surface area (Å²) < 4.78 is 11.4. The molecule has 1 aromatic carbocycles. The highest BCUT2D eigenvalue weighted by Crippen LogP contribution is 2.42. The van der Waals surface area contributed by atoms with E-state index >= 15 is 0 Å². The largest absolute Gasteiger partial charge is 0.494 e. The van der Waals surface area contributed by atoms with E-state index in [1.807, 2.05) is 25.1 Å². The van der Waals surface area contributed by atoms with Crippen molar-refractivity contribution in [1.82, 2.24) is 4.90 Å². The Bertz CT molecular complexity index is 509. The summed E-state index contributed by atoms with van der Waals surface area (Å²) >= 11 is 0. The van der Waals surface area contributed by atoms with Gasteiger partial charge in [-0.1, -0.05) is 6.42 Å². The molecule has 0 bridgehead atoms. The molecule has 1 fully saturated rings. The molecule has 0 amide bonds. The molecule has 1 N–H and O–H groups in total. The lowest BCUT2D eigenvalue weighted by atomic mass is 9.89. The van der Waals surface area contributed by atoms with Gasteiger partial charge in [0, 0.05) is 17.6 Å². The zero-order valence-electron chi connectivity index (χ0n) is 13.8. The molecule has 0 aromatic heterocycles. The van der Waals surface area contributed by atoms with E-state index in [4.69, 9.17) is 9.47 Å². The van der Waals surface area contributed by atoms with Crippen LogP contribution in [0.3, 0.4) is 0 Å². The molecule has 22 heavy (non-hydrogen) atoms. The predicted octanol–water partition coefficient (Wildman–Crippen LogP) is 3.14. The van der Waals surface area contributed by atoms with Gasteiger partial charge in [-0.25, -0.2) is 0 Å². The summed E-state index contributed by atoms with van der Waals surface area (Å²) in [6.07, 6.45) is 3.15.